The van der Waals surface area contributed by atoms with Gasteiger partial charge in [-0.1, -0.05) is 30.7 Å². The number of nitrogens with zero attached hydrogens (tertiary/aromatic N) is 2. The minimum atomic E-state index is 0.228. The van der Waals surface area contributed by atoms with Crippen molar-refractivity contribution in [3.05, 3.63) is 28.8 Å². The largest absolute Gasteiger partial charge is 0.506 e. The average molecular weight is 269 g/mol. The molecule has 1 N–H and O–H groups in total. The van der Waals surface area contributed by atoms with E-state index >= 15 is 0 Å². The van der Waals surface area contributed by atoms with Crippen LogP contribution in [0.5, 0.6) is 5.75 Å². The van der Waals surface area contributed by atoms with Gasteiger partial charge in [0.15, 0.2) is 0 Å². The Morgan fingerprint density at radius 1 is 1.39 bits per heavy atom. The lowest BCUT2D eigenvalue weighted by Gasteiger charge is -2.39. The van der Waals surface area contributed by atoms with Crippen LogP contribution in [0.25, 0.3) is 0 Å². The fourth-order valence-electron chi connectivity index (χ4n) is 2.52. The van der Waals surface area contributed by atoms with Gasteiger partial charge in [0, 0.05) is 37.8 Å². The average Bonchev–Trinajstić information content (AvgIpc) is 2.37. The van der Waals surface area contributed by atoms with Gasteiger partial charge >= 0.3 is 0 Å². The molecule has 1 aliphatic rings. The van der Waals surface area contributed by atoms with Crippen molar-refractivity contribution < 1.29 is 5.11 Å². The summed E-state index contributed by atoms with van der Waals surface area (Å²) in [5.74, 6) is 0.228. The first kappa shape index (κ1) is 13.7. The monoisotopic (exact) mass is 268 g/mol. The molecule has 1 unspecified atom stereocenters. The summed E-state index contributed by atoms with van der Waals surface area (Å²) in [5, 5.41) is 10.4. The summed E-state index contributed by atoms with van der Waals surface area (Å²) in [6.07, 6.45) is 1.16. The molecule has 1 saturated heterocycles. The zero-order chi connectivity index (χ0) is 13.1. The van der Waals surface area contributed by atoms with E-state index < -0.39 is 0 Å². The van der Waals surface area contributed by atoms with Crippen LogP contribution in [0.1, 0.15) is 18.9 Å². The Morgan fingerprint density at radius 2 is 2.17 bits per heavy atom. The van der Waals surface area contributed by atoms with Crippen molar-refractivity contribution in [3.63, 3.8) is 0 Å². The van der Waals surface area contributed by atoms with E-state index in [4.69, 9.17) is 11.6 Å². The second kappa shape index (κ2) is 5.91. The van der Waals surface area contributed by atoms with E-state index in [1.54, 1.807) is 6.07 Å². The molecule has 0 aromatic heterocycles. The summed E-state index contributed by atoms with van der Waals surface area (Å²) in [4.78, 5) is 4.80. The van der Waals surface area contributed by atoms with E-state index in [0.29, 0.717) is 11.1 Å². The molecule has 2 rings (SSSR count). The van der Waals surface area contributed by atoms with Crippen LogP contribution in [0.2, 0.25) is 5.02 Å². The van der Waals surface area contributed by atoms with Gasteiger partial charge in [0.05, 0.1) is 5.02 Å². The lowest BCUT2D eigenvalue weighted by Crippen LogP contribution is -2.50. The van der Waals surface area contributed by atoms with E-state index in [0.717, 1.165) is 38.2 Å². The second-order valence-corrected chi connectivity index (χ2v) is 5.43. The lowest BCUT2D eigenvalue weighted by molar-refractivity contribution is 0.0878. The molecular formula is C14H21ClN2O. The van der Waals surface area contributed by atoms with Gasteiger partial charge in [0.1, 0.15) is 5.75 Å². The molecule has 18 heavy (non-hydrogen) atoms. The fraction of sp³-hybridized carbons (Fsp3) is 0.571. The Hall–Kier alpha value is -0.770. The van der Waals surface area contributed by atoms with E-state index in [9.17, 15) is 5.11 Å². The van der Waals surface area contributed by atoms with Crippen molar-refractivity contribution in [2.45, 2.75) is 25.9 Å². The summed E-state index contributed by atoms with van der Waals surface area (Å²) in [6.45, 7) is 6.18. The van der Waals surface area contributed by atoms with Gasteiger partial charge < -0.3 is 10.0 Å². The molecule has 1 aromatic rings. The number of hydrogen-bond donors (Lipinski definition) is 1. The van der Waals surface area contributed by atoms with E-state index in [1.165, 1.54) is 0 Å². The Labute approximate surface area is 114 Å². The number of hydrogen-bond acceptors (Lipinski definition) is 3. The first-order valence-corrected chi connectivity index (χ1v) is 6.88. The van der Waals surface area contributed by atoms with Crippen molar-refractivity contribution in [1.82, 2.24) is 9.80 Å². The molecule has 100 valence electrons. The highest BCUT2D eigenvalue weighted by atomic mass is 35.5. The van der Waals surface area contributed by atoms with Crippen molar-refractivity contribution in [2.24, 2.45) is 0 Å². The second-order valence-electron chi connectivity index (χ2n) is 5.03. The van der Waals surface area contributed by atoms with Crippen LogP contribution < -0.4 is 0 Å². The first-order valence-electron chi connectivity index (χ1n) is 6.50. The molecule has 0 spiro atoms. The fourth-order valence-corrected chi connectivity index (χ4v) is 2.72. The SMILES string of the molecule is CCC1CN(Cc2cccc(Cl)c2O)CCN1C. The summed E-state index contributed by atoms with van der Waals surface area (Å²) >= 11 is 5.93. The van der Waals surface area contributed by atoms with Crippen LogP contribution in [0.15, 0.2) is 18.2 Å². The predicted molar refractivity (Wildman–Crippen MR) is 75.1 cm³/mol. The number of phenols is 1. The maximum absolute atomic E-state index is 9.93. The van der Waals surface area contributed by atoms with Crippen LogP contribution in [-0.2, 0) is 6.54 Å². The van der Waals surface area contributed by atoms with Crippen LogP contribution in [0, 0.1) is 0 Å². The van der Waals surface area contributed by atoms with Gasteiger partial charge in [-0.15, -0.1) is 0 Å². The Bertz CT molecular complexity index is 411. The topological polar surface area (TPSA) is 26.7 Å². The van der Waals surface area contributed by atoms with Crippen LogP contribution in [0.3, 0.4) is 0 Å². The molecule has 0 saturated carbocycles. The third kappa shape index (κ3) is 2.97. The number of aromatic hydroxyl groups is 1. The Kier molecular flexibility index (Phi) is 4.49. The number of phenolic OH excluding ortho intramolecular Hbond substituents is 1. The zero-order valence-electron chi connectivity index (χ0n) is 11.1. The molecule has 3 nitrogen and oxygen atoms in total. The molecule has 1 atom stereocenters. The molecule has 0 aliphatic carbocycles. The van der Waals surface area contributed by atoms with Gasteiger partial charge in [-0.05, 0) is 19.5 Å². The maximum atomic E-state index is 9.93. The molecule has 0 radical (unpaired) electrons. The van der Waals surface area contributed by atoms with Gasteiger partial charge in [-0.2, -0.15) is 0 Å². The molecule has 1 aliphatic heterocycles. The third-order valence-electron chi connectivity index (χ3n) is 3.80. The van der Waals surface area contributed by atoms with E-state index in [-0.39, 0.29) is 5.75 Å². The van der Waals surface area contributed by atoms with Crippen molar-refractivity contribution in [1.29, 1.82) is 0 Å². The minimum absolute atomic E-state index is 0.228. The molecule has 0 amide bonds. The maximum Gasteiger partial charge on any atom is 0.138 e. The zero-order valence-corrected chi connectivity index (χ0v) is 11.8. The van der Waals surface area contributed by atoms with Crippen LogP contribution >= 0.6 is 11.6 Å². The quantitative estimate of drug-likeness (QED) is 0.913. The number of rotatable bonds is 3. The highest BCUT2D eigenvalue weighted by molar-refractivity contribution is 6.32. The van der Waals surface area contributed by atoms with Crippen molar-refractivity contribution >= 4 is 11.6 Å². The highest BCUT2D eigenvalue weighted by Crippen LogP contribution is 2.28. The number of likely N-dealkylation sites (N-methyl/N-ethyl adjacent to an activating group) is 1. The molecule has 4 heteroatoms. The van der Waals surface area contributed by atoms with Crippen molar-refractivity contribution in [2.75, 3.05) is 26.7 Å². The smallest absolute Gasteiger partial charge is 0.138 e. The summed E-state index contributed by atoms with van der Waals surface area (Å²) in [7, 11) is 2.18. The van der Waals surface area contributed by atoms with Gasteiger partial charge in [-0.25, -0.2) is 0 Å². The van der Waals surface area contributed by atoms with Crippen LogP contribution in [-0.4, -0.2) is 47.6 Å². The molecule has 0 bridgehead atoms. The molecule has 1 heterocycles. The molecule has 1 fully saturated rings. The molecular weight excluding hydrogens is 248 g/mol. The standard InChI is InChI=1S/C14H21ClN2O/c1-3-12-10-17(8-7-16(12)2)9-11-5-4-6-13(15)14(11)18/h4-6,12,18H,3,7-10H2,1-2H3. The molecule has 1 aromatic carbocycles. The van der Waals surface area contributed by atoms with Crippen molar-refractivity contribution in [3.8, 4) is 5.75 Å². The summed E-state index contributed by atoms with van der Waals surface area (Å²) in [6, 6.07) is 6.17. The minimum Gasteiger partial charge on any atom is -0.506 e. The third-order valence-corrected chi connectivity index (χ3v) is 4.10. The number of piperazine rings is 1. The first-order chi connectivity index (χ1) is 8.61. The Balaban J connectivity index is 2.03. The lowest BCUT2D eigenvalue weighted by atomic mass is 10.1. The van der Waals surface area contributed by atoms with Crippen LogP contribution in [0.4, 0.5) is 0 Å². The summed E-state index contributed by atoms with van der Waals surface area (Å²) < 4.78 is 0. The van der Waals surface area contributed by atoms with E-state index in [2.05, 4.69) is 23.8 Å². The summed E-state index contributed by atoms with van der Waals surface area (Å²) in [5.41, 5.74) is 0.918. The number of halogens is 1. The van der Waals surface area contributed by atoms with Gasteiger partial charge in [0.25, 0.3) is 0 Å². The Morgan fingerprint density at radius 3 is 2.89 bits per heavy atom. The number of benzene rings is 1. The highest BCUT2D eigenvalue weighted by Gasteiger charge is 2.23. The predicted octanol–water partition coefficient (Wildman–Crippen LogP) is 2.57. The normalized spacial score (nSPS) is 22.3. The van der Waals surface area contributed by atoms with Gasteiger partial charge in [0.2, 0.25) is 0 Å². The van der Waals surface area contributed by atoms with Gasteiger partial charge in [-0.3, -0.25) is 4.90 Å². The number of para-hydroxylation sites is 1. The van der Waals surface area contributed by atoms with E-state index in [1.807, 2.05) is 12.1 Å².